The second kappa shape index (κ2) is 3.79. The van der Waals surface area contributed by atoms with Gasteiger partial charge in [0.25, 0.3) is 0 Å². The normalized spacial score (nSPS) is 40.7. The molecule has 1 rings (SSSR count). The number of aliphatic hydroxyl groups is 1. The van der Waals surface area contributed by atoms with Gasteiger partial charge in [-0.3, -0.25) is 0 Å². The van der Waals surface area contributed by atoms with Gasteiger partial charge in [-0.15, -0.1) is 0 Å². The van der Waals surface area contributed by atoms with Crippen molar-refractivity contribution in [3.05, 3.63) is 0 Å². The summed E-state index contributed by atoms with van der Waals surface area (Å²) in [6.07, 6.45) is 3.51. The summed E-state index contributed by atoms with van der Waals surface area (Å²) in [5.41, 5.74) is -1.05. The maximum Gasteiger partial charge on any atom is 0.151 e. The monoisotopic (exact) mass is 184 g/mol. The molecule has 1 aliphatic carbocycles. The summed E-state index contributed by atoms with van der Waals surface area (Å²) in [5, 5.41) is 10.1. The van der Waals surface area contributed by atoms with Crippen LogP contribution in [0.2, 0.25) is 0 Å². The van der Waals surface area contributed by atoms with Gasteiger partial charge >= 0.3 is 0 Å². The Bertz CT molecular complexity index is 189. The Kier molecular flexibility index (Phi) is 3.12. The van der Waals surface area contributed by atoms with Gasteiger partial charge in [0.05, 0.1) is 0 Å². The lowest BCUT2D eigenvalue weighted by Gasteiger charge is -2.40. The SMILES string of the molecule is CC1CCC(C(C)C)[C@@](O)(C=O)C1. The number of hydrogen-bond acceptors (Lipinski definition) is 2. The molecule has 0 saturated heterocycles. The van der Waals surface area contributed by atoms with Crippen LogP contribution in [0.3, 0.4) is 0 Å². The highest BCUT2D eigenvalue weighted by atomic mass is 16.3. The Morgan fingerprint density at radius 1 is 1.46 bits per heavy atom. The number of rotatable bonds is 2. The van der Waals surface area contributed by atoms with Crippen molar-refractivity contribution < 1.29 is 9.90 Å². The largest absolute Gasteiger partial charge is 0.382 e. The molecule has 0 aromatic carbocycles. The molecule has 1 fully saturated rings. The lowest BCUT2D eigenvalue weighted by Crippen LogP contribution is -2.46. The highest BCUT2D eigenvalue weighted by molar-refractivity contribution is 5.63. The zero-order valence-electron chi connectivity index (χ0n) is 8.79. The van der Waals surface area contributed by atoms with E-state index in [1.807, 2.05) is 0 Å². The van der Waals surface area contributed by atoms with Crippen molar-refractivity contribution in [2.24, 2.45) is 17.8 Å². The van der Waals surface area contributed by atoms with Gasteiger partial charge in [-0.2, -0.15) is 0 Å². The second-order valence-corrected chi connectivity index (χ2v) is 4.85. The van der Waals surface area contributed by atoms with Crippen LogP contribution in [0.25, 0.3) is 0 Å². The zero-order valence-corrected chi connectivity index (χ0v) is 8.79. The quantitative estimate of drug-likeness (QED) is 0.666. The van der Waals surface area contributed by atoms with Crippen LogP contribution < -0.4 is 0 Å². The Morgan fingerprint density at radius 2 is 2.08 bits per heavy atom. The highest BCUT2D eigenvalue weighted by Gasteiger charge is 2.42. The van der Waals surface area contributed by atoms with Crippen LogP contribution in [0.15, 0.2) is 0 Å². The third-order valence-electron chi connectivity index (χ3n) is 3.30. The Morgan fingerprint density at radius 3 is 2.54 bits per heavy atom. The van der Waals surface area contributed by atoms with E-state index in [-0.39, 0.29) is 5.92 Å². The molecule has 1 N–H and O–H groups in total. The second-order valence-electron chi connectivity index (χ2n) is 4.85. The average molecular weight is 184 g/mol. The molecular weight excluding hydrogens is 164 g/mol. The van der Waals surface area contributed by atoms with Crippen molar-refractivity contribution in [3.8, 4) is 0 Å². The summed E-state index contributed by atoms with van der Waals surface area (Å²) in [6.45, 7) is 6.26. The molecule has 0 amide bonds. The van der Waals surface area contributed by atoms with Crippen LogP contribution in [-0.4, -0.2) is 17.0 Å². The summed E-state index contributed by atoms with van der Waals surface area (Å²) in [4.78, 5) is 10.9. The summed E-state index contributed by atoms with van der Waals surface area (Å²) < 4.78 is 0. The van der Waals surface area contributed by atoms with Crippen LogP contribution in [0.5, 0.6) is 0 Å². The molecule has 2 unspecified atom stereocenters. The highest BCUT2D eigenvalue weighted by Crippen LogP contribution is 2.39. The first-order valence-corrected chi connectivity index (χ1v) is 5.18. The van der Waals surface area contributed by atoms with Gasteiger partial charge in [0.2, 0.25) is 0 Å². The fourth-order valence-corrected chi connectivity index (χ4v) is 2.57. The third-order valence-corrected chi connectivity index (χ3v) is 3.30. The Balaban J connectivity index is 2.78. The molecule has 1 saturated carbocycles. The summed E-state index contributed by atoms with van der Waals surface area (Å²) >= 11 is 0. The van der Waals surface area contributed by atoms with Crippen molar-refractivity contribution in [3.63, 3.8) is 0 Å². The average Bonchev–Trinajstić information content (AvgIpc) is 2.03. The summed E-state index contributed by atoms with van der Waals surface area (Å²) in [7, 11) is 0. The van der Waals surface area contributed by atoms with Crippen molar-refractivity contribution >= 4 is 6.29 Å². The van der Waals surface area contributed by atoms with Crippen LogP contribution >= 0.6 is 0 Å². The zero-order chi connectivity index (χ0) is 10.1. The summed E-state index contributed by atoms with van der Waals surface area (Å²) in [6, 6.07) is 0. The van der Waals surface area contributed by atoms with Gasteiger partial charge in [0.1, 0.15) is 5.60 Å². The first kappa shape index (κ1) is 10.7. The fourth-order valence-electron chi connectivity index (χ4n) is 2.57. The molecule has 3 atom stereocenters. The van der Waals surface area contributed by atoms with E-state index in [2.05, 4.69) is 20.8 Å². The van der Waals surface area contributed by atoms with Gasteiger partial charge in [-0.1, -0.05) is 27.2 Å². The van der Waals surface area contributed by atoms with Gasteiger partial charge in [-0.25, -0.2) is 0 Å². The van der Waals surface area contributed by atoms with Crippen molar-refractivity contribution in [2.75, 3.05) is 0 Å². The van der Waals surface area contributed by atoms with Gasteiger partial charge in [0, 0.05) is 0 Å². The molecule has 13 heavy (non-hydrogen) atoms. The lowest BCUT2D eigenvalue weighted by molar-refractivity contribution is -0.139. The minimum atomic E-state index is -1.05. The molecule has 0 bridgehead atoms. The van der Waals surface area contributed by atoms with E-state index in [1.165, 1.54) is 0 Å². The minimum absolute atomic E-state index is 0.154. The number of carbonyl (C=O) groups is 1. The maximum absolute atomic E-state index is 10.9. The Labute approximate surface area is 80.3 Å². The van der Waals surface area contributed by atoms with Gasteiger partial charge in [-0.05, 0) is 30.6 Å². The minimum Gasteiger partial charge on any atom is -0.382 e. The third kappa shape index (κ3) is 2.11. The molecule has 0 spiro atoms. The lowest BCUT2D eigenvalue weighted by atomic mass is 9.68. The van der Waals surface area contributed by atoms with Crippen LogP contribution in [0, 0.1) is 17.8 Å². The predicted octanol–water partition coefficient (Wildman–Crippen LogP) is 2.01. The molecule has 0 heterocycles. The molecule has 2 heteroatoms. The van der Waals surface area contributed by atoms with Crippen LogP contribution in [0.1, 0.15) is 40.0 Å². The van der Waals surface area contributed by atoms with Crippen LogP contribution in [-0.2, 0) is 4.79 Å². The smallest absolute Gasteiger partial charge is 0.151 e. The molecule has 0 aliphatic heterocycles. The van der Waals surface area contributed by atoms with Crippen LogP contribution in [0.4, 0.5) is 0 Å². The van der Waals surface area contributed by atoms with Crippen molar-refractivity contribution in [1.82, 2.24) is 0 Å². The molecular formula is C11H20O2. The van der Waals surface area contributed by atoms with Gasteiger partial charge < -0.3 is 9.90 Å². The standard InChI is InChI=1S/C11H20O2/c1-8(2)10-5-4-9(3)6-11(10,13)7-12/h7-10,13H,4-6H2,1-3H3/t9?,10?,11-/m0/s1. The molecule has 1 aliphatic rings. The van der Waals surface area contributed by atoms with Gasteiger partial charge in [0.15, 0.2) is 6.29 Å². The van der Waals surface area contributed by atoms with E-state index >= 15 is 0 Å². The first-order chi connectivity index (χ1) is 5.99. The van der Waals surface area contributed by atoms with E-state index in [0.717, 1.165) is 19.1 Å². The molecule has 0 radical (unpaired) electrons. The topological polar surface area (TPSA) is 37.3 Å². The molecule has 2 nitrogen and oxygen atoms in total. The van der Waals surface area contributed by atoms with Crippen molar-refractivity contribution in [1.29, 1.82) is 0 Å². The first-order valence-electron chi connectivity index (χ1n) is 5.18. The predicted molar refractivity (Wildman–Crippen MR) is 52.4 cm³/mol. The Hall–Kier alpha value is -0.370. The fraction of sp³-hybridized carbons (Fsp3) is 0.909. The number of aldehydes is 1. The molecule has 0 aromatic heterocycles. The van der Waals surface area contributed by atoms with E-state index in [4.69, 9.17) is 0 Å². The molecule has 0 aromatic rings. The van der Waals surface area contributed by atoms with E-state index in [9.17, 15) is 9.90 Å². The van der Waals surface area contributed by atoms with E-state index < -0.39 is 5.60 Å². The van der Waals surface area contributed by atoms with E-state index in [0.29, 0.717) is 18.3 Å². The van der Waals surface area contributed by atoms with E-state index in [1.54, 1.807) is 0 Å². The number of hydrogen-bond donors (Lipinski definition) is 1. The maximum atomic E-state index is 10.9. The van der Waals surface area contributed by atoms with Crippen molar-refractivity contribution in [2.45, 2.75) is 45.6 Å². The molecule has 76 valence electrons. The number of carbonyl (C=O) groups excluding carboxylic acids is 1. The summed E-state index contributed by atoms with van der Waals surface area (Å²) in [5.74, 6) is 1.02.